The molecule has 3 heterocycles. The summed E-state index contributed by atoms with van der Waals surface area (Å²) >= 11 is 5.98. The molecule has 160 valence electrons. The average molecular weight is 430 g/mol. The van der Waals surface area contributed by atoms with Crippen LogP contribution in [-0.2, 0) is 4.74 Å². The molecule has 8 heteroatoms. The van der Waals surface area contributed by atoms with Crippen LogP contribution in [0.3, 0.4) is 0 Å². The molecular weight excluding hydrogens is 402 g/mol. The van der Waals surface area contributed by atoms with Crippen LogP contribution in [0.4, 0.5) is 4.79 Å². The summed E-state index contributed by atoms with van der Waals surface area (Å²) in [6, 6.07) is 5.45. The quantitative estimate of drug-likeness (QED) is 0.577. The number of hydrogen-bond donors (Lipinski definition) is 1. The van der Waals surface area contributed by atoms with Crippen LogP contribution in [0.1, 0.15) is 39.2 Å². The summed E-state index contributed by atoms with van der Waals surface area (Å²) in [6.07, 6.45) is 6.60. The van der Waals surface area contributed by atoms with Gasteiger partial charge in [0.2, 0.25) is 0 Å². The van der Waals surface area contributed by atoms with Gasteiger partial charge >= 0.3 is 6.09 Å². The van der Waals surface area contributed by atoms with E-state index in [4.69, 9.17) is 22.1 Å². The van der Waals surface area contributed by atoms with Crippen molar-refractivity contribution in [2.75, 3.05) is 19.6 Å². The Bertz CT molecular complexity index is 960. The molecule has 2 aromatic heterocycles. The van der Waals surface area contributed by atoms with E-state index in [2.05, 4.69) is 15.0 Å². The van der Waals surface area contributed by atoms with E-state index in [1.165, 1.54) is 6.20 Å². The second-order valence-corrected chi connectivity index (χ2v) is 8.81. The molecule has 0 saturated carbocycles. The van der Waals surface area contributed by atoms with E-state index in [1.54, 1.807) is 23.4 Å². The number of likely N-dealkylation sites (tertiary alicyclic amines) is 1. The number of nitrogens with zero attached hydrogens (tertiary/aromatic N) is 4. The van der Waals surface area contributed by atoms with Crippen molar-refractivity contribution in [2.24, 2.45) is 16.6 Å². The highest BCUT2D eigenvalue weighted by Gasteiger charge is 2.26. The van der Waals surface area contributed by atoms with E-state index < -0.39 is 5.60 Å². The Hall–Kier alpha value is -2.67. The van der Waals surface area contributed by atoms with E-state index in [1.807, 2.05) is 32.9 Å². The van der Waals surface area contributed by atoms with Crippen molar-refractivity contribution in [1.82, 2.24) is 14.9 Å². The smallest absolute Gasteiger partial charge is 0.410 e. The molecule has 7 nitrogen and oxygen atoms in total. The molecule has 0 unspecified atom stereocenters. The Morgan fingerprint density at radius 2 is 2.07 bits per heavy atom. The van der Waals surface area contributed by atoms with Crippen LogP contribution in [0.5, 0.6) is 0 Å². The lowest BCUT2D eigenvalue weighted by atomic mass is 9.97. The summed E-state index contributed by atoms with van der Waals surface area (Å²) in [4.78, 5) is 27.2. The summed E-state index contributed by atoms with van der Waals surface area (Å²) in [5.41, 5.74) is 8.44. The minimum atomic E-state index is -0.471. The number of allylic oxidation sites excluding steroid dienone is 1. The number of ether oxygens (including phenoxy) is 1. The third-order valence-electron chi connectivity index (χ3n) is 4.88. The first-order valence-electron chi connectivity index (χ1n) is 10.1. The molecule has 0 radical (unpaired) electrons. The number of carbonyl (C=O) groups excluding carboxylic acids is 1. The van der Waals surface area contributed by atoms with Crippen LogP contribution in [0.2, 0.25) is 5.15 Å². The minimum absolute atomic E-state index is 0.240. The largest absolute Gasteiger partial charge is 0.444 e. The van der Waals surface area contributed by atoms with Crippen LogP contribution in [0, 0.1) is 5.92 Å². The molecule has 1 aliphatic heterocycles. The molecule has 2 aromatic rings. The first-order chi connectivity index (χ1) is 14.2. The highest BCUT2D eigenvalue weighted by Crippen LogP contribution is 2.21. The van der Waals surface area contributed by atoms with Crippen molar-refractivity contribution in [3.05, 3.63) is 41.3 Å². The van der Waals surface area contributed by atoms with Gasteiger partial charge in [-0.05, 0) is 57.7 Å². The van der Waals surface area contributed by atoms with Gasteiger partial charge in [-0.2, -0.15) is 0 Å². The van der Waals surface area contributed by atoms with Gasteiger partial charge in [0.15, 0.2) is 0 Å². The number of halogens is 1. The molecule has 0 bridgehead atoms. The minimum Gasteiger partial charge on any atom is -0.444 e. The van der Waals surface area contributed by atoms with Gasteiger partial charge < -0.3 is 15.4 Å². The molecule has 0 spiro atoms. The Labute approximate surface area is 182 Å². The third kappa shape index (κ3) is 5.92. The number of nitrogens with two attached hydrogens (primary N) is 1. The van der Waals surface area contributed by atoms with Gasteiger partial charge in [-0.15, -0.1) is 0 Å². The number of rotatable bonds is 4. The zero-order valence-corrected chi connectivity index (χ0v) is 18.4. The molecule has 0 aromatic carbocycles. The van der Waals surface area contributed by atoms with Crippen molar-refractivity contribution in [3.63, 3.8) is 0 Å². The van der Waals surface area contributed by atoms with Gasteiger partial charge in [0.25, 0.3) is 0 Å². The summed E-state index contributed by atoms with van der Waals surface area (Å²) in [5.74, 6) is 0.425. The normalized spacial score (nSPS) is 16.4. The zero-order valence-electron chi connectivity index (χ0n) is 17.6. The Morgan fingerprint density at radius 1 is 1.33 bits per heavy atom. The number of hydrogen-bond acceptors (Lipinski definition) is 6. The molecular formula is C22H28ClN5O2. The average Bonchev–Trinajstić information content (AvgIpc) is 2.70. The predicted molar refractivity (Wildman–Crippen MR) is 121 cm³/mol. The first-order valence-corrected chi connectivity index (χ1v) is 10.5. The predicted octanol–water partition coefficient (Wildman–Crippen LogP) is 4.30. The number of carbonyl (C=O) groups is 1. The maximum absolute atomic E-state index is 12.2. The van der Waals surface area contributed by atoms with Crippen molar-refractivity contribution < 1.29 is 9.53 Å². The van der Waals surface area contributed by atoms with Gasteiger partial charge in [0.05, 0.1) is 11.0 Å². The highest BCUT2D eigenvalue weighted by atomic mass is 35.5. The van der Waals surface area contributed by atoms with E-state index in [0.717, 1.165) is 29.5 Å². The number of fused-ring (bicyclic) bond motifs is 1. The molecule has 1 saturated heterocycles. The molecule has 1 fully saturated rings. The standard InChI is InChI=1S/C22H28ClN5O2/c1-22(2,3)30-21(29)28-8-6-15(7-9-28)12-25-13-17(11-24)16-10-19-18(26-14-16)4-5-20(23)27-19/h4-5,10-11,13-15H,6-9,12,24H2,1-3H3. The van der Waals surface area contributed by atoms with Crippen LogP contribution in [0.15, 0.2) is 35.6 Å². The van der Waals surface area contributed by atoms with E-state index >= 15 is 0 Å². The Balaban J connectivity index is 1.55. The summed E-state index contributed by atoms with van der Waals surface area (Å²) in [7, 11) is 0. The van der Waals surface area contributed by atoms with Crippen molar-refractivity contribution >= 4 is 40.5 Å². The second-order valence-electron chi connectivity index (χ2n) is 8.42. The maximum atomic E-state index is 12.2. The molecule has 1 aliphatic rings. The number of aliphatic imine (C=N–C) groups is 1. The Kier molecular flexibility index (Phi) is 6.92. The van der Waals surface area contributed by atoms with E-state index in [0.29, 0.717) is 36.2 Å². The molecule has 0 atom stereocenters. The fraction of sp³-hybridized carbons (Fsp3) is 0.455. The number of piperidine rings is 1. The zero-order chi connectivity index (χ0) is 21.7. The van der Waals surface area contributed by atoms with Crippen LogP contribution >= 0.6 is 11.6 Å². The lowest BCUT2D eigenvalue weighted by Gasteiger charge is -2.32. The third-order valence-corrected chi connectivity index (χ3v) is 5.09. The van der Waals surface area contributed by atoms with Gasteiger partial charge in [-0.1, -0.05) is 11.6 Å². The SMILES string of the molecule is CC(C)(C)OC(=O)N1CCC(CN=CC(=CN)c2cnc3ccc(Cl)nc3c2)CC1. The highest BCUT2D eigenvalue weighted by molar-refractivity contribution is 6.29. The summed E-state index contributed by atoms with van der Waals surface area (Å²) in [5, 5.41) is 0.422. The molecule has 30 heavy (non-hydrogen) atoms. The number of amides is 1. The van der Waals surface area contributed by atoms with Crippen molar-refractivity contribution in [2.45, 2.75) is 39.2 Å². The van der Waals surface area contributed by atoms with E-state index in [9.17, 15) is 4.79 Å². The Morgan fingerprint density at radius 3 is 2.73 bits per heavy atom. The van der Waals surface area contributed by atoms with Gasteiger partial charge in [0, 0.05) is 49.4 Å². The van der Waals surface area contributed by atoms with Crippen LogP contribution in [0.25, 0.3) is 16.6 Å². The maximum Gasteiger partial charge on any atom is 0.410 e. The fourth-order valence-electron chi connectivity index (χ4n) is 3.28. The monoisotopic (exact) mass is 429 g/mol. The first kappa shape index (κ1) is 22.0. The van der Waals surface area contributed by atoms with Gasteiger partial charge in [-0.3, -0.25) is 9.98 Å². The molecule has 0 aliphatic carbocycles. The molecule has 3 rings (SSSR count). The lowest BCUT2D eigenvalue weighted by molar-refractivity contribution is 0.0187. The molecule has 2 N–H and O–H groups in total. The molecule has 1 amide bonds. The summed E-state index contributed by atoms with van der Waals surface area (Å²) < 4.78 is 5.44. The fourth-order valence-corrected chi connectivity index (χ4v) is 3.43. The van der Waals surface area contributed by atoms with Crippen molar-refractivity contribution in [3.8, 4) is 0 Å². The van der Waals surface area contributed by atoms with Crippen LogP contribution < -0.4 is 5.73 Å². The summed E-state index contributed by atoms with van der Waals surface area (Å²) in [6.45, 7) is 7.70. The lowest BCUT2D eigenvalue weighted by Crippen LogP contribution is -2.42. The second kappa shape index (κ2) is 9.43. The number of aromatic nitrogens is 2. The topological polar surface area (TPSA) is 93.7 Å². The van der Waals surface area contributed by atoms with Crippen molar-refractivity contribution in [1.29, 1.82) is 0 Å². The van der Waals surface area contributed by atoms with Crippen LogP contribution in [-0.4, -0.2) is 52.4 Å². The number of pyridine rings is 2. The van der Waals surface area contributed by atoms with E-state index in [-0.39, 0.29) is 6.09 Å². The van der Waals surface area contributed by atoms with Gasteiger partial charge in [0.1, 0.15) is 10.8 Å². The van der Waals surface area contributed by atoms with Gasteiger partial charge in [-0.25, -0.2) is 9.78 Å².